The Morgan fingerprint density at radius 1 is 0.889 bits per heavy atom. The van der Waals surface area contributed by atoms with Crippen molar-refractivity contribution >= 4 is 63.3 Å². The van der Waals surface area contributed by atoms with Gasteiger partial charge in [0.25, 0.3) is 0 Å². The molecule has 0 aliphatic rings. The molecule has 3 rings (SSSR count). The van der Waals surface area contributed by atoms with Crippen LogP contribution in [0.1, 0.15) is 0 Å². The average Bonchev–Trinajstić information content (AvgIpc) is 2.78. The fourth-order valence-electron chi connectivity index (χ4n) is 1.75. The molecule has 4 heteroatoms. The summed E-state index contributed by atoms with van der Waals surface area (Å²) >= 11 is 6.11. The van der Waals surface area contributed by atoms with E-state index in [0.29, 0.717) is 0 Å². The Labute approximate surface area is 131 Å². The maximum Gasteiger partial charge on any atom is 0.0854 e. The standard InChI is InChI=1S/C14H9IS3/c15-18-14-13(16-10-6-2-1-3-7-10)11-8-4-5-9-12(11)17-14/h1-9H. The molecule has 90 valence electrons. The van der Waals surface area contributed by atoms with Gasteiger partial charge in [0.05, 0.1) is 4.21 Å². The second kappa shape index (κ2) is 5.86. The Morgan fingerprint density at radius 3 is 2.39 bits per heavy atom. The summed E-state index contributed by atoms with van der Waals surface area (Å²) in [5, 5.41) is 1.37. The molecule has 0 unspecified atom stereocenters. The molecule has 3 aromatic rings. The third kappa shape index (κ3) is 2.57. The van der Waals surface area contributed by atoms with E-state index in [-0.39, 0.29) is 0 Å². The number of rotatable bonds is 3. The lowest BCUT2D eigenvalue weighted by atomic mass is 10.3. The first kappa shape index (κ1) is 12.8. The van der Waals surface area contributed by atoms with E-state index in [9.17, 15) is 0 Å². The monoisotopic (exact) mass is 400 g/mol. The van der Waals surface area contributed by atoms with Crippen LogP contribution in [0.25, 0.3) is 10.1 Å². The maximum absolute atomic E-state index is 2.37. The zero-order chi connectivity index (χ0) is 12.4. The van der Waals surface area contributed by atoms with Gasteiger partial charge in [-0.15, -0.1) is 11.3 Å². The summed E-state index contributed by atoms with van der Waals surface area (Å²) in [7, 11) is 1.81. The Morgan fingerprint density at radius 2 is 1.61 bits per heavy atom. The predicted octanol–water partition coefficient (Wildman–Crippen LogP) is 6.49. The van der Waals surface area contributed by atoms with Crippen molar-refractivity contribution in [3.8, 4) is 0 Å². The van der Waals surface area contributed by atoms with Crippen molar-refractivity contribution in [2.24, 2.45) is 0 Å². The Balaban J connectivity index is 2.10. The van der Waals surface area contributed by atoms with Gasteiger partial charge in [0.2, 0.25) is 0 Å². The minimum Gasteiger partial charge on any atom is -0.127 e. The van der Waals surface area contributed by atoms with E-state index in [1.54, 1.807) is 0 Å². The van der Waals surface area contributed by atoms with E-state index in [4.69, 9.17) is 0 Å². The normalized spacial score (nSPS) is 10.9. The molecular weight excluding hydrogens is 391 g/mol. The minimum absolute atomic E-state index is 1.30. The van der Waals surface area contributed by atoms with Crippen LogP contribution in [-0.4, -0.2) is 0 Å². The highest BCUT2D eigenvalue weighted by atomic mass is 127. The van der Waals surface area contributed by atoms with Crippen LogP contribution >= 0.6 is 53.2 Å². The van der Waals surface area contributed by atoms with Crippen molar-refractivity contribution in [3.05, 3.63) is 54.6 Å². The number of fused-ring (bicyclic) bond motifs is 1. The van der Waals surface area contributed by atoms with Crippen LogP contribution in [0, 0.1) is 0 Å². The zero-order valence-corrected chi connectivity index (χ0v) is 13.9. The summed E-state index contributed by atoms with van der Waals surface area (Å²) < 4.78 is 2.76. The fraction of sp³-hybridized carbons (Fsp3) is 0. The van der Waals surface area contributed by atoms with Gasteiger partial charge in [0.1, 0.15) is 0 Å². The summed E-state index contributed by atoms with van der Waals surface area (Å²) in [6.07, 6.45) is 0. The van der Waals surface area contributed by atoms with E-state index < -0.39 is 0 Å². The molecule has 0 saturated carbocycles. The molecule has 0 aliphatic heterocycles. The molecule has 0 spiro atoms. The molecule has 18 heavy (non-hydrogen) atoms. The van der Waals surface area contributed by atoms with Crippen LogP contribution in [-0.2, 0) is 0 Å². The molecule has 0 atom stereocenters. The van der Waals surface area contributed by atoms with Crippen molar-refractivity contribution in [2.75, 3.05) is 0 Å². The van der Waals surface area contributed by atoms with Gasteiger partial charge in [-0.2, -0.15) is 0 Å². The third-order valence-corrected chi connectivity index (χ3v) is 7.97. The van der Waals surface area contributed by atoms with Crippen LogP contribution in [0.5, 0.6) is 0 Å². The van der Waals surface area contributed by atoms with Crippen LogP contribution in [0.4, 0.5) is 0 Å². The van der Waals surface area contributed by atoms with Gasteiger partial charge in [0, 0.05) is 41.1 Å². The zero-order valence-electron chi connectivity index (χ0n) is 9.30. The van der Waals surface area contributed by atoms with E-state index >= 15 is 0 Å². The summed E-state index contributed by atoms with van der Waals surface area (Å²) in [6, 6.07) is 19.2. The molecule has 0 N–H and O–H groups in total. The van der Waals surface area contributed by atoms with E-state index in [1.807, 2.05) is 32.0 Å². The molecule has 0 amide bonds. The Bertz CT molecular complexity index is 661. The smallest absolute Gasteiger partial charge is 0.0854 e. The molecular formula is C14H9IS3. The summed E-state index contributed by atoms with van der Waals surface area (Å²) in [4.78, 5) is 2.69. The van der Waals surface area contributed by atoms with Crippen LogP contribution in [0.3, 0.4) is 0 Å². The molecule has 0 aliphatic carbocycles. The summed E-state index contributed by atoms with van der Waals surface area (Å²) in [5.74, 6) is 0. The molecule has 0 radical (unpaired) electrons. The first-order valence-electron chi connectivity index (χ1n) is 5.41. The lowest BCUT2D eigenvalue weighted by molar-refractivity contribution is 1.40. The highest BCUT2D eigenvalue weighted by Crippen LogP contribution is 2.47. The third-order valence-electron chi connectivity index (χ3n) is 2.55. The molecule has 1 aromatic heterocycles. The van der Waals surface area contributed by atoms with Crippen molar-refractivity contribution in [2.45, 2.75) is 14.0 Å². The van der Waals surface area contributed by atoms with E-state index in [2.05, 4.69) is 75.8 Å². The fourth-order valence-corrected chi connectivity index (χ4v) is 6.54. The van der Waals surface area contributed by atoms with Gasteiger partial charge in [-0.25, -0.2) is 0 Å². The average molecular weight is 400 g/mol. The van der Waals surface area contributed by atoms with Crippen molar-refractivity contribution < 1.29 is 0 Å². The highest BCUT2D eigenvalue weighted by molar-refractivity contribution is 14.2. The van der Waals surface area contributed by atoms with Crippen LogP contribution in [0.2, 0.25) is 0 Å². The topological polar surface area (TPSA) is 0 Å². The lowest BCUT2D eigenvalue weighted by Crippen LogP contribution is -1.72. The number of hydrogen-bond donors (Lipinski definition) is 0. The van der Waals surface area contributed by atoms with Gasteiger partial charge >= 0.3 is 0 Å². The second-order valence-corrected chi connectivity index (χ2v) is 7.99. The molecule has 0 nitrogen and oxygen atoms in total. The van der Waals surface area contributed by atoms with Gasteiger partial charge < -0.3 is 0 Å². The first-order chi connectivity index (χ1) is 8.88. The van der Waals surface area contributed by atoms with Gasteiger partial charge in [-0.05, 0) is 27.1 Å². The lowest BCUT2D eigenvalue weighted by Gasteiger charge is -2.02. The number of thiophene rings is 1. The minimum atomic E-state index is 1.30. The number of hydrogen-bond acceptors (Lipinski definition) is 3. The van der Waals surface area contributed by atoms with E-state index in [0.717, 1.165) is 0 Å². The first-order valence-corrected chi connectivity index (χ1v) is 10.4. The SMILES string of the molecule is ISc1sc2ccccc2c1Sc1ccccc1. The quantitative estimate of drug-likeness (QED) is 0.461. The second-order valence-electron chi connectivity index (χ2n) is 3.71. The largest absolute Gasteiger partial charge is 0.127 e. The number of halogens is 1. The van der Waals surface area contributed by atoms with Gasteiger partial charge in [0.15, 0.2) is 0 Å². The predicted molar refractivity (Wildman–Crippen MR) is 92.3 cm³/mol. The summed E-state index contributed by atoms with van der Waals surface area (Å²) in [6.45, 7) is 0. The Kier molecular flexibility index (Phi) is 4.18. The van der Waals surface area contributed by atoms with Gasteiger partial charge in [-0.1, -0.05) is 48.2 Å². The highest BCUT2D eigenvalue weighted by Gasteiger charge is 2.12. The van der Waals surface area contributed by atoms with Gasteiger partial charge in [-0.3, -0.25) is 0 Å². The molecule has 1 heterocycles. The van der Waals surface area contributed by atoms with Crippen molar-refractivity contribution in [1.29, 1.82) is 0 Å². The molecule has 0 fully saturated rings. The molecule has 2 aromatic carbocycles. The molecule has 0 bridgehead atoms. The van der Waals surface area contributed by atoms with Crippen molar-refractivity contribution in [1.82, 2.24) is 0 Å². The summed E-state index contributed by atoms with van der Waals surface area (Å²) in [5.41, 5.74) is 0. The van der Waals surface area contributed by atoms with E-state index in [1.165, 1.54) is 24.1 Å². The maximum atomic E-state index is 2.37. The van der Waals surface area contributed by atoms with Crippen molar-refractivity contribution in [3.63, 3.8) is 0 Å². The number of benzene rings is 2. The van der Waals surface area contributed by atoms with Crippen LogP contribution in [0.15, 0.2) is 68.6 Å². The molecule has 0 saturated heterocycles. The Hall–Kier alpha value is -0.170. The van der Waals surface area contributed by atoms with Crippen LogP contribution < -0.4 is 0 Å².